The molecular weight excluding hydrogens is 264 g/mol. The summed E-state index contributed by atoms with van der Waals surface area (Å²) in [6, 6.07) is 8.15. The van der Waals surface area contributed by atoms with Gasteiger partial charge in [-0.1, -0.05) is 12.1 Å². The van der Waals surface area contributed by atoms with Gasteiger partial charge in [0.15, 0.2) is 0 Å². The highest BCUT2D eigenvalue weighted by Gasteiger charge is 2.00. The van der Waals surface area contributed by atoms with E-state index in [2.05, 4.69) is 33.5 Å². The number of carbonyl (C=O) groups excluding carboxylic acids is 1. The Hall–Kier alpha value is -1.33. The fourth-order valence-electron chi connectivity index (χ4n) is 1.57. The van der Waals surface area contributed by atoms with E-state index in [-0.39, 0.29) is 6.03 Å². The molecule has 96 valence electrons. The SMILES string of the molecule is O=C(NCCc1cccs1)NCCc1cccs1. The van der Waals surface area contributed by atoms with Crippen molar-refractivity contribution in [3.63, 3.8) is 0 Å². The lowest BCUT2D eigenvalue weighted by Crippen LogP contribution is -2.37. The molecule has 0 fully saturated rings. The van der Waals surface area contributed by atoms with Gasteiger partial charge in [0.1, 0.15) is 0 Å². The summed E-state index contributed by atoms with van der Waals surface area (Å²) >= 11 is 3.44. The lowest BCUT2D eigenvalue weighted by Gasteiger charge is -2.06. The Morgan fingerprint density at radius 2 is 1.44 bits per heavy atom. The normalized spacial score (nSPS) is 10.2. The van der Waals surface area contributed by atoms with E-state index in [0.717, 1.165) is 12.8 Å². The van der Waals surface area contributed by atoms with Crippen LogP contribution in [0.15, 0.2) is 35.0 Å². The topological polar surface area (TPSA) is 41.1 Å². The third-order valence-corrected chi connectivity index (χ3v) is 4.35. The minimum Gasteiger partial charge on any atom is -0.338 e. The molecular formula is C13H16N2OS2. The number of nitrogens with one attached hydrogen (secondary N) is 2. The molecule has 0 aliphatic heterocycles. The minimum absolute atomic E-state index is 0.0805. The van der Waals surface area contributed by atoms with Crippen LogP contribution in [0, 0.1) is 0 Å². The van der Waals surface area contributed by atoms with Crippen LogP contribution in [-0.4, -0.2) is 19.1 Å². The van der Waals surface area contributed by atoms with Gasteiger partial charge in [0.2, 0.25) is 0 Å². The molecule has 0 aromatic carbocycles. The Bertz CT molecular complexity index is 409. The van der Waals surface area contributed by atoms with Crippen molar-refractivity contribution >= 4 is 28.7 Å². The van der Waals surface area contributed by atoms with Gasteiger partial charge in [-0.25, -0.2) is 4.79 Å². The van der Waals surface area contributed by atoms with E-state index < -0.39 is 0 Å². The largest absolute Gasteiger partial charge is 0.338 e. The maximum Gasteiger partial charge on any atom is 0.314 e. The summed E-state index contributed by atoms with van der Waals surface area (Å²) in [5, 5.41) is 9.83. The molecule has 0 unspecified atom stereocenters. The van der Waals surface area contributed by atoms with E-state index in [1.54, 1.807) is 22.7 Å². The van der Waals surface area contributed by atoms with Crippen LogP contribution >= 0.6 is 22.7 Å². The summed E-state index contributed by atoms with van der Waals surface area (Å²) in [6.07, 6.45) is 1.80. The van der Waals surface area contributed by atoms with Gasteiger partial charge >= 0.3 is 6.03 Å². The zero-order chi connectivity index (χ0) is 12.6. The second-order valence-electron chi connectivity index (χ2n) is 3.84. The van der Waals surface area contributed by atoms with Gasteiger partial charge in [-0.15, -0.1) is 22.7 Å². The standard InChI is InChI=1S/C13H16N2OS2/c16-13(14-7-5-11-3-1-9-17-11)15-8-6-12-4-2-10-18-12/h1-4,9-10H,5-8H2,(H2,14,15,16). The lowest BCUT2D eigenvalue weighted by atomic mass is 10.3. The van der Waals surface area contributed by atoms with Gasteiger partial charge in [-0.3, -0.25) is 0 Å². The second kappa shape index (κ2) is 7.18. The van der Waals surface area contributed by atoms with Gasteiger partial charge in [-0.05, 0) is 35.7 Å². The monoisotopic (exact) mass is 280 g/mol. The van der Waals surface area contributed by atoms with Crippen molar-refractivity contribution in [1.29, 1.82) is 0 Å². The summed E-state index contributed by atoms with van der Waals surface area (Å²) in [6.45, 7) is 1.37. The summed E-state index contributed by atoms with van der Waals surface area (Å²) in [7, 11) is 0. The van der Waals surface area contributed by atoms with Crippen molar-refractivity contribution in [2.75, 3.05) is 13.1 Å². The Labute approximate surface area is 115 Å². The molecule has 0 aliphatic carbocycles. The third kappa shape index (κ3) is 4.50. The van der Waals surface area contributed by atoms with Crippen LogP contribution in [0.1, 0.15) is 9.75 Å². The number of hydrogen-bond donors (Lipinski definition) is 2. The molecule has 0 saturated carbocycles. The van der Waals surface area contributed by atoms with Gasteiger partial charge in [-0.2, -0.15) is 0 Å². The van der Waals surface area contributed by atoms with Gasteiger partial charge in [0.25, 0.3) is 0 Å². The first-order chi connectivity index (χ1) is 8.84. The average molecular weight is 280 g/mol. The van der Waals surface area contributed by atoms with Crippen molar-refractivity contribution < 1.29 is 4.79 Å². The molecule has 5 heteroatoms. The second-order valence-corrected chi connectivity index (χ2v) is 5.91. The van der Waals surface area contributed by atoms with Crippen molar-refractivity contribution in [3.8, 4) is 0 Å². The molecule has 2 aromatic heterocycles. The molecule has 0 atom stereocenters. The third-order valence-electron chi connectivity index (χ3n) is 2.47. The highest BCUT2D eigenvalue weighted by Crippen LogP contribution is 2.08. The zero-order valence-electron chi connectivity index (χ0n) is 10.0. The van der Waals surface area contributed by atoms with Crippen LogP contribution < -0.4 is 10.6 Å². The highest BCUT2D eigenvalue weighted by atomic mass is 32.1. The molecule has 2 heterocycles. The Kier molecular flexibility index (Phi) is 5.23. The number of urea groups is 1. The summed E-state index contributed by atoms with van der Waals surface area (Å²) in [4.78, 5) is 14.1. The summed E-state index contributed by atoms with van der Waals surface area (Å²) in [5.41, 5.74) is 0. The molecule has 2 rings (SSSR count). The Morgan fingerprint density at radius 1 is 0.944 bits per heavy atom. The van der Waals surface area contributed by atoms with E-state index in [4.69, 9.17) is 0 Å². The van der Waals surface area contributed by atoms with Crippen molar-refractivity contribution in [2.24, 2.45) is 0 Å². The lowest BCUT2D eigenvalue weighted by molar-refractivity contribution is 0.241. The van der Waals surface area contributed by atoms with Crippen LogP contribution in [0.3, 0.4) is 0 Å². The number of hydrogen-bond acceptors (Lipinski definition) is 3. The molecule has 2 amide bonds. The Morgan fingerprint density at radius 3 is 1.83 bits per heavy atom. The number of rotatable bonds is 6. The smallest absolute Gasteiger partial charge is 0.314 e. The molecule has 0 radical (unpaired) electrons. The molecule has 18 heavy (non-hydrogen) atoms. The average Bonchev–Trinajstić information content (AvgIpc) is 3.01. The van der Waals surface area contributed by atoms with E-state index >= 15 is 0 Å². The molecule has 0 spiro atoms. The zero-order valence-corrected chi connectivity index (χ0v) is 11.7. The number of carbonyl (C=O) groups is 1. The summed E-state index contributed by atoms with van der Waals surface area (Å²) in [5.74, 6) is 0. The fourth-order valence-corrected chi connectivity index (χ4v) is 2.99. The van der Waals surface area contributed by atoms with Crippen molar-refractivity contribution in [1.82, 2.24) is 10.6 Å². The molecule has 2 aromatic rings. The van der Waals surface area contributed by atoms with Crippen LogP contribution in [-0.2, 0) is 12.8 Å². The maximum absolute atomic E-state index is 11.5. The van der Waals surface area contributed by atoms with Crippen LogP contribution in [0.4, 0.5) is 4.79 Å². The van der Waals surface area contributed by atoms with Crippen LogP contribution in [0.25, 0.3) is 0 Å². The number of amides is 2. The number of thiophene rings is 2. The van der Waals surface area contributed by atoms with E-state index in [1.807, 2.05) is 12.1 Å². The van der Waals surface area contributed by atoms with Gasteiger partial charge in [0, 0.05) is 22.8 Å². The molecule has 3 nitrogen and oxygen atoms in total. The van der Waals surface area contributed by atoms with Gasteiger partial charge in [0.05, 0.1) is 0 Å². The van der Waals surface area contributed by atoms with Crippen LogP contribution in [0.5, 0.6) is 0 Å². The van der Waals surface area contributed by atoms with E-state index in [9.17, 15) is 4.79 Å². The first-order valence-electron chi connectivity index (χ1n) is 5.91. The fraction of sp³-hybridized carbons (Fsp3) is 0.308. The molecule has 0 saturated heterocycles. The highest BCUT2D eigenvalue weighted by molar-refractivity contribution is 7.10. The Balaban J connectivity index is 1.55. The first-order valence-corrected chi connectivity index (χ1v) is 7.67. The van der Waals surface area contributed by atoms with Crippen LogP contribution in [0.2, 0.25) is 0 Å². The minimum atomic E-state index is -0.0805. The van der Waals surface area contributed by atoms with E-state index in [0.29, 0.717) is 13.1 Å². The van der Waals surface area contributed by atoms with Crippen molar-refractivity contribution in [3.05, 3.63) is 44.8 Å². The van der Waals surface area contributed by atoms with E-state index in [1.165, 1.54) is 9.75 Å². The van der Waals surface area contributed by atoms with Crippen molar-refractivity contribution in [2.45, 2.75) is 12.8 Å². The van der Waals surface area contributed by atoms with Gasteiger partial charge < -0.3 is 10.6 Å². The first kappa shape index (κ1) is 13.1. The summed E-state index contributed by atoms with van der Waals surface area (Å²) < 4.78 is 0. The predicted octanol–water partition coefficient (Wildman–Crippen LogP) is 2.89. The molecule has 0 bridgehead atoms. The molecule has 2 N–H and O–H groups in total. The maximum atomic E-state index is 11.5. The predicted molar refractivity (Wildman–Crippen MR) is 77.4 cm³/mol. The molecule has 0 aliphatic rings. The quantitative estimate of drug-likeness (QED) is 0.839.